The Morgan fingerprint density at radius 3 is 2.83 bits per heavy atom. The van der Waals surface area contributed by atoms with Gasteiger partial charge in [-0.1, -0.05) is 29.8 Å². The number of imidazole rings is 1. The molecule has 1 aliphatic rings. The molecule has 1 aliphatic heterocycles. The van der Waals surface area contributed by atoms with Gasteiger partial charge in [0.15, 0.2) is 11.6 Å². The summed E-state index contributed by atoms with van der Waals surface area (Å²) in [7, 11) is 0. The van der Waals surface area contributed by atoms with Gasteiger partial charge >= 0.3 is 5.97 Å². The molecule has 6 aromatic rings. The lowest BCUT2D eigenvalue weighted by Gasteiger charge is -2.30. The number of aromatic nitrogens is 6. The fourth-order valence-electron chi connectivity index (χ4n) is 6.43. The molecule has 3 N–H and O–H groups in total. The molecular weight excluding hydrogens is 609 g/mol. The molecule has 47 heavy (non-hydrogen) atoms. The van der Waals surface area contributed by atoms with Crippen molar-refractivity contribution in [3.05, 3.63) is 113 Å². The molecule has 3 aromatic heterocycles. The molecule has 0 aliphatic carbocycles. The maximum Gasteiger partial charge on any atom is 0.303 e. The lowest BCUT2D eigenvalue weighted by atomic mass is 9.74. The van der Waals surface area contributed by atoms with Gasteiger partial charge in [-0.05, 0) is 68.0 Å². The molecule has 240 valence electrons. The number of carbonyl (C=O) groups is 1. The fraction of sp³-hybridized carbons (Fsp3) is 0.257. The number of H-pyrrole nitrogens is 2. The predicted octanol–water partition coefficient (Wildman–Crippen LogP) is 7.46. The number of halogens is 3. The molecule has 3 aromatic carbocycles. The van der Waals surface area contributed by atoms with Gasteiger partial charge in [0.1, 0.15) is 23.2 Å². The minimum atomic E-state index is -1.01. The van der Waals surface area contributed by atoms with Crippen molar-refractivity contribution in [1.29, 1.82) is 0 Å². The molecule has 0 radical (unpaired) electrons. The number of aliphatic carboxylic acids is 1. The van der Waals surface area contributed by atoms with Crippen molar-refractivity contribution in [3.8, 4) is 22.9 Å². The first-order valence-corrected chi connectivity index (χ1v) is 15.4. The molecule has 4 heterocycles. The molecule has 7 rings (SSSR count). The summed E-state index contributed by atoms with van der Waals surface area (Å²) < 4.78 is 54.8. The highest BCUT2D eigenvalue weighted by molar-refractivity contribution is 5.85. The molecule has 0 fully saturated rings. The van der Waals surface area contributed by atoms with E-state index in [0.29, 0.717) is 53.6 Å². The standard InChI is InChI=1S/C35H31F3N6O3/c1-35(26-7-4-5-20(32(26)38)8-11-31(45)46)13-3-2-6-21-18-44(43-42-21)19-25-23-12-14-39-29(23)16-28(37)33(25)47-22-9-10-27(36)24(15-22)34-40-17-30(35)41-34/h4-5,7,9-10,12,14-18,39H,2-3,6,8,11,13,19H2,1H3,(H,40,41)(H,45,46). The zero-order valence-corrected chi connectivity index (χ0v) is 25.5. The van der Waals surface area contributed by atoms with Crippen LogP contribution in [-0.4, -0.2) is 41.0 Å². The first kappa shape index (κ1) is 30.3. The summed E-state index contributed by atoms with van der Waals surface area (Å²) in [5, 5.41) is 18.6. The number of carboxylic acid groups (broad SMARTS) is 1. The summed E-state index contributed by atoms with van der Waals surface area (Å²) in [6, 6.07) is 12.3. The van der Waals surface area contributed by atoms with Crippen LogP contribution in [0.3, 0.4) is 0 Å². The van der Waals surface area contributed by atoms with Crippen LogP contribution in [0, 0.1) is 17.5 Å². The number of carboxylic acids is 1. The van der Waals surface area contributed by atoms with E-state index in [0.717, 1.165) is 11.1 Å². The highest BCUT2D eigenvalue weighted by atomic mass is 19.1. The normalized spacial score (nSPS) is 16.7. The second-order valence-electron chi connectivity index (χ2n) is 12.1. The summed E-state index contributed by atoms with van der Waals surface area (Å²) in [5.74, 6) is -2.28. The van der Waals surface area contributed by atoms with E-state index in [4.69, 9.17) is 4.74 Å². The average molecular weight is 641 g/mol. The Bertz CT molecular complexity index is 2120. The van der Waals surface area contributed by atoms with Gasteiger partial charge in [0.05, 0.1) is 17.8 Å². The van der Waals surface area contributed by atoms with Gasteiger partial charge in [0.25, 0.3) is 0 Å². The Morgan fingerprint density at radius 1 is 1.11 bits per heavy atom. The Balaban J connectivity index is 1.34. The van der Waals surface area contributed by atoms with Gasteiger partial charge in [-0.25, -0.2) is 22.8 Å². The van der Waals surface area contributed by atoms with Crippen molar-refractivity contribution >= 4 is 16.9 Å². The van der Waals surface area contributed by atoms with Crippen molar-refractivity contribution in [2.75, 3.05) is 0 Å². The quantitative estimate of drug-likeness (QED) is 0.184. The van der Waals surface area contributed by atoms with Gasteiger partial charge in [0.2, 0.25) is 0 Å². The fourth-order valence-corrected chi connectivity index (χ4v) is 6.43. The number of hydrogen-bond donors (Lipinski definition) is 3. The monoisotopic (exact) mass is 640 g/mol. The Hall–Kier alpha value is -5.39. The van der Waals surface area contributed by atoms with Crippen molar-refractivity contribution < 1.29 is 27.8 Å². The maximum atomic E-state index is 16.1. The number of aryl methyl sites for hydroxylation is 2. The molecule has 1 unspecified atom stereocenters. The van der Waals surface area contributed by atoms with Crippen LogP contribution >= 0.6 is 0 Å². The number of hydrogen-bond acceptors (Lipinski definition) is 5. The Labute approximate surface area is 267 Å². The van der Waals surface area contributed by atoms with Crippen LogP contribution in [0.25, 0.3) is 22.3 Å². The summed E-state index contributed by atoms with van der Waals surface area (Å²) in [4.78, 5) is 22.0. The van der Waals surface area contributed by atoms with Gasteiger partial charge in [-0.2, -0.15) is 0 Å². The number of nitrogens with zero attached hydrogens (tertiary/aromatic N) is 4. The van der Waals surface area contributed by atoms with E-state index >= 15 is 13.2 Å². The summed E-state index contributed by atoms with van der Waals surface area (Å²) >= 11 is 0. The van der Waals surface area contributed by atoms with Gasteiger partial charge in [0, 0.05) is 58.7 Å². The molecule has 0 saturated carbocycles. The van der Waals surface area contributed by atoms with E-state index < -0.39 is 28.8 Å². The lowest BCUT2D eigenvalue weighted by molar-refractivity contribution is -0.136. The van der Waals surface area contributed by atoms with Crippen LogP contribution in [0.15, 0.2) is 67.1 Å². The van der Waals surface area contributed by atoms with Crippen LogP contribution in [0.1, 0.15) is 60.7 Å². The summed E-state index contributed by atoms with van der Waals surface area (Å²) in [6.45, 7) is 2.08. The van der Waals surface area contributed by atoms with E-state index in [-0.39, 0.29) is 42.3 Å². The van der Waals surface area contributed by atoms with E-state index in [1.807, 2.05) is 19.2 Å². The van der Waals surface area contributed by atoms with E-state index in [1.54, 1.807) is 35.3 Å². The summed E-state index contributed by atoms with van der Waals surface area (Å²) in [5.41, 5.74) is 2.33. The largest absolute Gasteiger partial charge is 0.481 e. The van der Waals surface area contributed by atoms with Crippen molar-refractivity contribution in [3.63, 3.8) is 0 Å². The first-order chi connectivity index (χ1) is 22.7. The molecule has 12 heteroatoms. The Morgan fingerprint density at radius 2 is 1.98 bits per heavy atom. The van der Waals surface area contributed by atoms with Crippen molar-refractivity contribution in [2.45, 2.75) is 57.4 Å². The van der Waals surface area contributed by atoms with Crippen LogP contribution in [0.5, 0.6) is 11.5 Å². The number of fused-ring (bicyclic) bond motifs is 10. The molecule has 6 bridgehead atoms. The van der Waals surface area contributed by atoms with E-state index in [9.17, 15) is 9.90 Å². The third-order valence-corrected chi connectivity index (χ3v) is 9.00. The van der Waals surface area contributed by atoms with Gasteiger partial charge < -0.3 is 19.8 Å². The third kappa shape index (κ3) is 5.75. The van der Waals surface area contributed by atoms with Gasteiger partial charge in [-0.3, -0.25) is 4.79 Å². The predicted molar refractivity (Wildman–Crippen MR) is 168 cm³/mol. The minimum absolute atomic E-state index is 0.0150. The topological polar surface area (TPSA) is 122 Å². The number of aromatic amines is 2. The van der Waals surface area contributed by atoms with Crippen LogP contribution in [0.2, 0.25) is 0 Å². The molecule has 1 atom stereocenters. The average Bonchev–Trinajstić information content (AvgIpc) is 3.82. The SMILES string of the molecule is CC1(c2cccc(CCC(=O)O)c2F)CCCCc2cn(nn2)Cc2c(c(F)cc3[nH]ccc23)Oc2ccc(F)c(c2)-c2ncc1[nH]2. The van der Waals surface area contributed by atoms with Crippen LogP contribution in [-0.2, 0) is 29.6 Å². The lowest BCUT2D eigenvalue weighted by Crippen LogP contribution is -2.26. The molecule has 9 nitrogen and oxygen atoms in total. The summed E-state index contributed by atoms with van der Waals surface area (Å²) in [6.07, 6.45) is 7.45. The molecular formula is C35H31F3N6O3. The van der Waals surface area contributed by atoms with E-state index in [1.165, 1.54) is 24.3 Å². The number of benzene rings is 3. The highest BCUT2D eigenvalue weighted by Crippen LogP contribution is 2.41. The van der Waals surface area contributed by atoms with Crippen molar-refractivity contribution in [2.24, 2.45) is 0 Å². The zero-order chi connectivity index (χ0) is 32.7. The molecule has 0 saturated heterocycles. The van der Waals surface area contributed by atoms with Crippen molar-refractivity contribution in [1.82, 2.24) is 29.9 Å². The second-order valence-corrected chi connectivity index (χ2v) is 12.1. The highest BCUT2D eigenvalue weighted by Gasteiger charge is 2.34. The Kier molecular flexibility index (Phi) is 7.78. The number of rotatable bonds is 4. The first-order valence-electron chi connectivity index (χ1n) is 15.4. The zero-order valence-electron chi connectivity index (χ0n) is 25.5. The number of nitrogens with one attached hydrogen (secondary N) is 2. The molecule has 0 amide bonds. The van der Waals surface area contributed by atoms with E-state index in [2.05, 4.69) is 25.3 Å². The second kappa shape index (κ2) is 12.1. The van der Waals surface area contributed by atoms with Gasteiger partial charge in [-0.15, -0.1) is 5.10 Å². The molecule has 0 spiro atoms. The van der Waals surface area contributed by atoms with Crippen LogP contribution < -0.4 is 4.74 Å². The minimum Gasteiger partial charge on any atom is -0.481 e. The smallest absolute Gasteiger partial charge is 0.303 e. The van der Waals surface area contributed by atoms with Crippen LogP contribution in [0.4, 0.5) is 13.2 Å². The maximum absolute atomic E-state index is 16.1. The number of ether oxygens (including phenoxy) is 1. The third-order valence-electron chi connectivity index (χ3n) is 9.00.